The number of esters is 3. The maximum atomic E-state index is 12.9. The van der Waals surface area contributed by atoms with E-state index in [1.54, 1.807) is 0 Å². The van der Waals surface area contributed by atoms with Crippen molar-refractivity contribution in [1.29, 1.82) is 0 Å². The van der Waals surface area contributed by atoms with Crippen molar-refractivity contribution in [1.82, 2.24) is 0 Å². The van der Waals surface area contributed by atoms with Gasteiger partial charge in [0, 0.05) is 19.3 Å². The normalized spacial score (nSPS) is 12.6. The van der Waals surface area contributed by atoms with E-state index in [1.807, 2.05) is 0 Å². The first kappa shape index (κ1) is 70.6. The quantitative estimate of drug-likeness (QED) is 0.0261. The van der Waals surface area contributed by atoms with Crippen molar-refractivity contribution in [3.05, 3.63) is 85.1 Å². The maximum absolute atomic E-state index is 12.9. The van der Waals surface area contributed by atoms with Gasteiger partial charge >= 0.3 is 17.9 Å². The van der Waals surface area contributed by atoms with Crippen LogP contribution in [0, 0.1) is 0 Å². The van der Waals surface area contributed by atoms with Crippen LogP contribution in [-0.4, -0.2) is 37.2 Å². The zero-order valence-corrected chi connectivity index (χ0v) is 48.8. The van der Waals surface area contributed by atoms with Crippen LogP contribution in [0.1, 0.15) is 310 Å². The molecule has 0 spiro atoms. The Kier molecular flexibility index (Phi) is 59.3. The fraction of sp³-hybridized carbons (Fsp3) is 0.750. The Morgan fingerprint density at radius 2 is 0.527 bits per heavy atom. The van der Waals surface area contributed by atoms with E-state index in [2.05, 4.69) is 106 Å². The fourth-order valence-corrected chi connectivity index (χ4v) is 8.91. The van der Waals surface area contributed by atoms with Gasteiger partial charge in [-0.25, -0.2) is 0 Å². The summed E-state index contributed by atoms with van der Waals surface area (Å²) in [5, 5.41) is 0. The number of rotatable bonds is 57. The highest BCUT2D eigenvalue weighted by molar-refractivity contribution is 5.71. The van der Waals surface area contributed by atoms with Gasteiger partial charge in [-0.1, -0.05) is 279 Å². The lowest BCUT2D eigenvalue weighted by atomic mass is 10.0. The SMILES string of the molecule is CC/C=C\C/C=C\C/C=C\C/C=C\C/C=C\CCCCCC(=O)OC(COC(=O)CCCCCCCCCCC/C=C\C/C=C\CCCCCCC)COC(=O)CCCCCCCCCCCCCCCCCC. The van der Waals surface area contributed by atoms with Crippen LogP contribution >= 0.6 is 0 Å². The molecular weight excluding hydrogens is 913 g/mol. The highest BCUT2D eigenvalue weighted by atomic mass is 16.6. The van der Waals surface area contributed by atoms with E-state index in [1.165, 1.54) is 167 Å². The Labute approximate surface area is 458 Å². The van der Waals surface area contributed by atoms with E-state index >= 15 is 0 Å². The van der Waals surface area contributed by atoms with E-state index in [9.17, 15) is 14.4 Å². The number of carbonyl (C=O) groups is 3. The second kappa shape index (κ2) is 62.1. The first-order valence-corrected chi connectivity index (χ1v) is 31.6. The molecule has 1 atom stereocenters. The van der Waals surface area contributed by atoms with Crippen LogP contribution in [0.15, 0.2) is 85.1 Å². The Balaban J connectivity index is 4.42. The molecule has 0 aromatic rings. The Bertz CT molecular complexity index is 1420. The molecule has 0 amide bonds. The van der Waals surface area contributed by atoms with Gasteiger partial charge in [-0.3, -0.25) is 14.4 Å². The molecular formula is C68H118O6. The second-order valence-corrected chi connectivity index (χ2v) is 20.9. The molecule has 0 N–H and O–H groups in total. The molecule has 0 aliphatic rings. The van der Waals surface area contributed by atoms with Crippen LogP contribution in [0.5, 0.6) is 0 Å². The number of unbranched alkanes of at least 4 members (excludes halogenated alkanes) is 32. The van der Waals surface area contributed by atoms with Crippen molar-refractivity contribution in [3.63, 3.8) is 0 Å². The fourth-order valence-electron chi connectivity index (χ4n) is 8.91. The first-order valence-electron chi connectivity index (χ1n) is 31.6. The van der Waals surface area contributed by atoms with Gasteiger partial charge in [-0.2, -0.15) is 0 Å². The summed E-state index contributed by atoms with van der Waals surface area (Å²) >= 11 is 0. The summed E-state index contributed by atoms with van der Waals surface area (Å²) in [7, 11) is 0. The van der Waals surface area contributed by atoms with Crippen molar-refractivity contribution in [3.8, 4) is 0 Å². The maximum Gasteiger partial charge on any atom is 0.306 e. The topological polar surface area (TPSA) is 78.9 Å². The highest BCUT2D eigenvalue weighted by Gasteiger charge is 2.19. The van der Waals surface area contributed by atoms with E-state index in [0.29, 0.717) is 12.8 Å². The Morgan fingerprint density at radius 1 is 0.284 bits per heavy atom. The average molecular weight is 1030 g/mol. The molecule has 426 valence electrons. The standard InChI is InChI=1S/C68H118O6/c1-4-7-10-13-16-19-22-25-28-31-33-34-36-37-40-43-46-49-52-55-58-61-67(70)73-64-65(63-72-66(69)60-57-54-51-48-45-42-39-30-27-24-21-18-15-12-9-6-3)74-68(71)62-59-56-53-50-47-44-41-38-35-32-29-26-23-20-17-14-11-8-5-2/h8,11,17,20,22,25-26,29,31,33,35,38,44,47,65H,4-7,9-10,12-16,18-19,21,23-24,27-28,30,32,34,36-37,39-43,45-46,48-64H2,1-3H3/b11-8-,20-17-,25-22-,29-26-,33-31-,38-35-,47-44-. The van der Waals surface area contributed by atoms with Gasteiger partial charge < -0.3 is 14.2 Å². The molecule has 0 saturated heterocycles. The molecule has 0 aromatic heterocycles. The molecule has 0 rings (SSSR count). The van der Waals surface area contributed by atoms with Crippen LogP contribution in [0.25, 0.3) is 0 Å². The minimum atomic E-state index is -0.796. The van der Waals surface area contributed by atoms with Gasteiger partial charge in [0.05, 0.1) is 0 Å². The third-order valence-corrected chi connectivity index (χ3v) is 13.6. The predicted molar refractivity (Wildman–Crippen MR) is 321 cm³/mol. The number of allylic oxidation sites excluding steroid dienone is 14. The molecule has 6 heteroatoms. The smallest absolute Gasteiger partial charge is 0.306 e. The number of hydrogen-bond donors (Lipinski definition) is 0. The minimum absolute atomic E-state index is 0.0889. The van der Waals surface area contributed by atoms with E-state index in [4.69, 9.17) is 14.2 Å². The van der Waals surface area contributed by atoms with Crippen molar-refractivity contribution in [2.24, 2.45) is 0 Å². The molecule has 0 aromatic carbocycles. The summed E-state index contributed by atoms with van der Waals surface area (Å²) in [6, 6.07) is 0. The van der Waals surface area contributed by atoms with Gasteiger partial charge in [0.15, 0.2) is 6.10 Å². The summed E-state index contributed by atoms with van der Waals surface area (Å²) in [4.78, 5) is 38.3. The number of ether oxygens (including phenoxy) is 3. The Hall–Kier alpha value is -3.41. The lowest BCUT2D eigenvalue weighted by molar-refractivity contribution is -0.167. The van der Waals surface area contributed by atoms with Crippen molar-refractivity contribution >= 4 is 17.9 Å². The largest absolute Gasteiger partial charge is 0.462 e. The molecule has 0 heterocycles. The van der Waals surface area contributed by atoms with Crippen molar-refractivity contribution in [2.45, 2.75) is 316 Å². The zero-order valence-electron chi connectivity index (χ0n) is 48.8. The van der Waals surface area contributed by atoms with Gasteiger partial charge in [0.2, 0.25) is 0 Å². The van der Waals surface area contributed by atoms with Crippen LogP contribution < -0.4 is 0 Å². The minimum Gasteiger partial charge on any atom is -0.462 e. The summed E-state index contributed by atoms with van der Waals surface area (Å²) in [6.07, 6.45) is 81.5. The van der Waals surface area contributed by atoms with Crippen LogP contribution in [0.4, 0.5) is 0 Å². The monoisotopic (exact) mass is 1030 g/mol. The first-order chi connectivity index (χ1) is 36.5. The molecule has 74 heavy (non-hydrogen) atoms. The second-order valence-electron chi connectivity index (χ2n) is 20.9. The van der Waals surface area contributed by atoms with Gasteiger partial charge in [-0.15, -0.1) is 0 Å². The molecule has 0 aliphatic heterocycles. The molecule has 0 bridgehead atoms. The van der Waals surface area contributed by atoms with E-state index in [-0.39, 0.29) is 37.5 Å². The average Bonchev–Trinajstić information content (AvgIpc) is 3.40. The van der Waals surface area contributed by atoms with Crippen molar-refractivity contribution < 1.29 is 28.6 Å². The van der Waals surface area contributed by atoms with Gasteiger partial charge in [-0.05, 0) is 96.3 Å². The third-order valence-electron chi connectivity index (χ3n) is 13.6. The summed E-state index contributed by atoms with van der Waals surface area (Å²) in [6.45, 7) is 6.52. The summed E-state index contributed by atoms with van der Waals surface area (Å²) < 4.78 is 16.9. The Morgan fingerprint density at radius 3 is 0.838 bits per heavy atom. The van der Waals surface area contributed by atoms with Crippen LogP contribution in [0.3, 0.4) is 0 Å². The molecule has 6 nitrogen and oxygen atoms in total. The third kappa shape index (κ3) is 59.5. The summed E-state index contributed by atoms with van der Waals surface area (Å²) in [5.41, 5.74) is 0. The van der Waals surface area contributed by atoms with Gasteiger partial charge in [0.1, 0.15) is 13.2 Å². The molecule has 1 unspecified atom stereocenters. The lowest BCUT2D eigenvalue weighted by Crippen LogP contribution is -2.30. The van der Waals surface area contributed by atoms with Crippen LogP contribution in [-0.2, 0) is 28.6 Å². The molecule has 0 fully saturated rings. The van der Waals surface area contributed by atoms with Crippen molar-refractivity contribution in [2.75, 3.05) is 13.2 Å². The number of hydrogen-bond acceptors (Lipinski definition) is 6. The predicted octanol–water partition coefficient (Wildman–Crippen LogP) is 21.5. The highest BCUT2D eigenvalue weighted by Crippen LogP contribution is 2.16. The van der Waals surface area contributed by atoms with Gasteiger partial charge in [0.25, 0.3) is 0 Å². The lowest BCUT2D eigenvalue weighted by Gasteiger charge is -2.18. The summed E-state index contributed by atoms with van der Waals surface area (Å²) in [5.74, 6) is -0.913. The van der Waals surface area contributed by atoms with E-state index in [0.717, 1.165) is 103 Å². The molecule has 0 saturated carbocycles. The van der Waals surface area contributed by atoms with E-state index < -0.39 is 6.10 Å². The zero-order chi connectivity index (χ0) is 53.6. The molecule has 0 aliphatic carbocycles. The molecule has 0 radical (unpaired) electrons. The number of carbonyl (C=O) groups excluding carboxylic acids is 3. The van der Waals surface area contributed by atoms with Crippen LogP contribution in [0.2, 0.25) is 0 Å².